The van der Waals surface area contributed by atoms with Crippen molar-refractivity contribution in [2.45, 2.75) is 0 Å². The molecular formula is C13H10BrClN2O3. The molecule has 0 radical (unpaired) electrons. The van der Waals surface area contributed by atoms with Crippen LogP contribution in [-0.2, 0) is 0 Å². The molecular weight excluding hydrogens is 348 g/mol. The Kier molecular flexibility index (Phi) is 4.46. The minimum absolute atomic E-state index is 0.107. The van der Waals surface area contributed by atoms with Gasteiger partial charge >= 0.3 is 0 Å². The van der Waals surface area contributed by atoms with Gasteiger partial charge < -0.3 is 15.2 Å². The molecule has 20 heavy (non-hydrogen) atoms. The molecule has 7 heteroatoms. The number of rotatable bonds is 3. The third-order valence-electron chi connectivity index (χ3n) is 2.52. The zero-order chi connectivity index (χ0) is 14.7. The Bertz CT molecular complexity index is 664. The Balaban J connectivity index is 2.26. The maximum absolute atomic E-state index is 12.1. The zero-order valence-corrected chi connectivity index (χ0v) is 12.7. The fourth-order valence-corrected chi connectivity index (χ4v) is 2.01. The van der Waals surface area contributed by atoms with Crippen molar-refractivity contribution in [3.8, 4) is 11.5 Å². The molecule has 0 atom stereocenters. The van der Waals surface area contributed by atoms with Gasteiger partial charge in [0.25, 0.3) is 5.91 Å². The molecule has 0 saturated heterocycles. The van der Waals surface area contributed by atoms with E-state index in [1.807, 2.05) is 0 Å². The third kappa shape index (κ3) is 3.02. The van der Waals surface area contributed by atoms with E-state index in [2.05, 4.69) is 26.2 Å². The molecule has 2 N–H and O–H groups in total. The first-order valence-corrected chi connectivity index (χ1v) is 6.68. The zero-order valence-electron chi connectivity index (χ0n) is 10.4. The lowest BCUT2D eigenvalue weighted by Gasteiger charge is -2.09. The molecule has 0 spiro atoms. The van der Waals surface area contributed by atoms with Crippen LogP contribution in [0.2, 0.25) is 5.15 Å². The van der Waals surface area contributed by atoms with Crippen LogP contribution in [0.4, 0.5) is 5.69 Å². The summed E-state index contributed by atoms with van der Waals surface area (Å²) in [6, 6.07) is 6.28. The maximum Gasteiger partial charge on any atom is 0.259 e. The van der Waals surface area contributed by atoms with E-state index in [-0.39, 0.29) is 17.1 Å². The molecule has 1 amide bonds. The van der Waals surface area contributed by atoms with E-state index < -0.39 is 5.91 Å². The minimum atomic E-state index is -0.475. The van der Waals surface area contributed by atoms with Gasteiger partial charge in [0.2, 0.25) is 0 Å². The molecule has 104 valence electrons. The van der Waals surface area contributed by atoms with Crippen molar-refractivity contribution in [1.82, 2.24) is 4.98 Å². The number of anilines is 1. The highest BCUT2D eigenvalue weighted by molar-refractivity contribution is 9.10. The van der Waals surface area contributed by atoms with Gasteiger partial charge in [-0.15, -0.1) is 0 Å². The summed E-state index contributed by atoms with van der Waals surface area (Å²) >= 11 is 8.99. The van der Waals surface area contributed by atoms with Crippen molar-refractivity contribution in [1.29, 1.82) is 0 Å². The average Bonchev–Trinajstić information content (AvgIpc) is 2.43. The second kappa shape index (κ2) is 6.11. The number of methoxy groups -OCH3 is 1. The summed E-state index contributed by atoms with van der Waals surface area (Å²) in [5.74, 6) is -0.459. The lowest BCUT2D eigenvalue weighted by molar-refractivity contribution is 0.102. The molecule has 1 heterocycles. The summed E-state index contributed by atoms with van der Waals surface area (Å²) < 4.78 is 5.52. The molecule has 2 rings (SSSR count). The lowest BCUT2D eigenvalue weighted by atomic mass is 10.1. The minimum Gasteiger partial charge on any atom is -0.504 e. The number of halogens is 2. The Morgan fingerprint density at radius 3 is 2.90 bits per heavy atom. The van der Waals surface area contributed by atoms with Crippen LogP contribution in [0.25, 0.3) is 0 Å². The first-order chi connectivity index (χ1) is 9.52. The summed E-state index contributed by atoms with van der Waals surface area (Å²) in [5, 5.41) is 12.8. The van der Waals surface area contributed by atoms with Crippen molar-refractivity contribution < 1.29 is 14.6 Å². The largest absolute Gasteiger partial charge is 0.504 e. The monoisotopic (exact) mass is 356 g/mol. The number of ether oxygens (including phenoxy) is 1. The van der Waals surface area contributed by atoms with E-state index in [4.69, 9.17) is 16.3 Å². The van der Waals surface area contributed by atoms with Crippen molar-refractivity contribution in [3.05, 3.63) is 45.7 Å². The molecule has 0 unspecified atom stereocenters. The van der Waals surface area contributed by atoms with Crippen LogP contribution in [0.3, 0.4) is 0 Å². The number of phenols is 1. The Hall–Kier alpha value is -1.79. The molecule has 1 aromatic heterocycles. The van der Waals surface area contributed by atoms with Crippen LogP contribution < -0.4 is 10.1 Å². The van der Waals surface area contributed by atoms with E-state index in [0.29, 0.717) is 15.3 Å². The molecule has 0 bridgehead atoms. The standard InChI is InChI=1S/C13H10BrClN2O3/c1-20-10-4-2-3-8(11(10)18)13(19)17-7-5-9(14)12(15)16-6-7/h2-6,18H,1H3,(H,17,19). The van der Waals surface area contributed by atoms with E-state index in [0.717, 1.165) is 0 Å². The number of aromatic nitrogens is 1. The molecule has 0 saturated carbocycles. The first kappa shape index (κ1) is 14.6. The van der Waals surface area contributed by atoms with Crippen molar-refractivity contribution in [2.24, 2.45) is 0 Å². The van der Waals surface area contributed by atoms with Gasteiger partial charge in [-0.3, -0.25) is 4.79 Å². The summed E-state index contributed by atoms with van der Waals surface area (Å²) in [6.45, 7) is 0. The van der Waals surface area contributed by atoms with Gasteiger partial charge in [0.1, 0.15) is 5.15 Å². The Morgan fingerprint density at radius 2 is 2.25 bits per heavy atom. The molecule has 2 aromatic rings. The highest BCUT2D eigenvalue weighted by Crippen LogP contribution is 2.30. The fraction of sp³-hybridized carbons (Fsp3) is 0.0769. The number of nitrogens with zero attached hydrogens (tertiary/aromatic N) is 1. The average molecular weight is 358 g/mol. The number of carbonyl (C=O) groups excluding carboxylic acids is 1. The Labute approximate surface area is 128 Å². The number of pyridine rings is 1. The number of hydrogen-bond acceptors (Lipinski definition) is 4. The van der Waals surface area contributed by atoms with Crippen LogP contribution in [-0.4, -0.2) is 23.1 Å². The van der Waals surface area contributed by atoms with Gasteiger partial charge in [-0.05, 0) is 34.1 Å². The van der Waals surface area contributed by atoms with Crippen LogP contribution in [0.15, 0.2) is 34.9 Å². The van der Waals surface area contributed by atoms with Crippen LogP contribution in [0.1, 0.15) is 10.4 Å². The number of benzene rings is 1. The van der Waals surface area contributed by atoms with Gasteiger partial charge in [-0.1, -0.05) is 17.7 Å². The third-order valence-corrected chi connectivity index (χ3v) is 3.65. The predicted molar refractivity (Wildman–Crippen MR) is 79.6 cm³/mol. The molecule has 0 fully saturated rings. The summed E-state index contributed by atoms with van der Waals surface area (Å²) in [7, 11) is 1.41. The van der Waals surface area contributed by atoms with Crippen molar-refractivity contribution in [2.75, 3.05) is 12.4 Å². The van der Waals surface area contributed by atoms with Crippen LogP contribution >= 0.6 is 27.5 Å². The molecule has 0 aliphatic heterocycles. The van der Waals surface area contributed by atoms with Crippen LogP contribution in [0.5, 0.6) is 11.5 Å². The highest BCUT2D eigenvalue weighted by atomic mass is 79.9. The van der Waals surface area contributed by atoms with Crippen LogP contribution in [0, 0.1) is 0 Å². The van der Waals surface area contributed by atoms with E-state index >= 15 is 0 Å². The van der Waals surface area contributed by atoms with Gasteiger partial charge in [0.05, 0.1) is 29.0 Å². The lowest BCUT2D eigenvalue weighted by Crippen LogP contribution is -2.12. The van der Waals surface area contributed by atoms with Crippen molar-refractivity contribution in [3.63, 3.8) is 0 Å². The van der Waals surface area contributed by atoms with E-state index in [9.17, 15) is 9.90 Å². The number of amides is 1. The number of hydrogen-bond donors (Lipinski definition) is 2. The van der Waals surface area contributed by atoms with Gasteiger partial charge in [-0.25, -0.2) is 4.98 Å². The van der Waals surface area contributed by atoms with E-state index in [1.165, 1.54) is 19.4 Å². The number of carbonyl (C=O) groups is 1. The van der Waals surface area contributed by atoms with Gasteiger partial charge in [0, 0.05) is 0 Å². The highest BCUT2D eigenvalue weighted by Gasteiger charge is 2.15. The molecule has 5 nitrogen and oxygen atoms in total. The summed E-state index contributed by atoms with van der Waals surface area (Å²) in [5.41, 5.74) is 0.559. The topological polar surface area (TPSA) is 71.5 Å². The predicted octanol–water partition coefficient (Wildman–Crippen LogP) is 3.46. The summed E-state index contributed by atoms with van der Waals surface area (Å²) in [6.07, 6.45) is 1.42. The Morgan fingerprint density at radius 1 is 1.50 bits per heavy atom. The van der Waals surface area contributed by atoms with Crippen molar-refractivity contribution >= 4 is 39.1 Å². The fourth-order valence-electron chi connectivity index (χ4n) is 1.56. The quantitative estimate of drug-likeness (QED) is 0.825. The smallest absolute Gasteiger partial charge is 0.259 e. The first-order valence-electron chi connectivity index (χ1n) is 5.51. The molecule has 0 aliphatic carbocycles. The number of para-hydroxylation sites is 1. The summed E-state index contributed by atoms with van der Waals surface area (Å²) in [4.78, 5) is 16.0. The second-order valence-electron chi connectivity index (χ2n) is 3.81. The van der Waals surface area contributed by atoms with E-state index in [1.54, 1.807) is 18.2 Å². The number of aromatic hydroxyl groups is 1. The molecule has 0 aliphatic rings. The SMILES string of the molecule is COc1cccc(C(=O)Nc2cnc(Cl)c(Br)c2)c1O. The van der Waals surface area contributed by atoms with Gasteiger partial charge in [-0.2, -0.15) is 0 Å². The second-order valence-corrected chi connectivity index (χ2v) is 5.02. The maximum atomic E-state index is 12.1. The van der Waals surface area contributed by atoms with Gasteiger partial charge in [0.15, 0.2) is 11.5 Å². The number of nitrogens with one attached hydrogen (secondary N) is 1. The molecule has 1 aromatic carbocycles. The number of phenolic OH excluding ortho intramolecular Hbond substituents is 1. The normalized spacial score (nSPS) is 10.2.